The first-order valence-electron chi connectivity index (χ1n) is 10.1. The van der Waals surface area contributed by atoms with Gasteiger partial charge in [-0.25, -0.2) is 4.98 Å². The molecule has 3 aromatic rings. The number of carbonyl (C=O) groups excluding carboxylic acids is 1. The molecule has 6 nitrogen and oxygen atoms in total. The molecule has 1 amide bonds. The van der Waals surface area contributed by atoms with Crippen molar-refractivity contribution in [2.75, 3.05) is 26.3 Å². The second-order valence-corrected chi connectivity index (χ2v) is 7.93. The highest BCUT2D eigenvalue weighted by Crippen LogP contribution is 2.37. The van der Waals surface area contributed by atoms with Crippen LogP contribution in [0.25, 0.3) is 22.2 Å². The molecule has 0 saturated carbocycles. The Hall–Kier alpha value is -2.91. The number of aromatic nitrogens is 2. The van der Waals surface area contributed by atoms with Gasteiger partial charge in [0.15, 0.2) is 0 Å². The lowest BCUT2D eigenvalue weighted by Gasteiger charge is -2.32. The van der Waals surface area contributed by atoms with Gasteiger partial charge in [0.1, 0.15) is 5.65 Å². The average molecular weight is 430 g/mol. The molecule has 1 saturated heterocycles. The van der Waals surface area contributed by atoms with Gasteiger partial charge in [0.2, 0.25) is 6.41 Å². The number of benzene rings is 1. The van der Waals surface area contributed by atoms with Gasteiger partial charge in [0.05, 0.1) is 24.8 Å². The van der Waals surface area contributed by atoms with E-state index in [0.717, 1.165) is 34.9 Å². The first kappa shape index (κ1) is 20.0. The molecule has 0 radical (unpaired) electrons. The predicted molar refractivity (Wildman–Crippen MR) is 108 cm³/mol. The third-order valence-electron chi connectivity index (χ3n) is 6.02. The van der Waals surface area contributed by atoms with Crippen molar-refractivity contribution in [1.29, 1.82) is 0 Å². The second-order valence-electron chi connectivity index (χ2n) is 7.93. The lowest BCUT2D eigenvalue weighted by molar-refractivity contribution is -0.136. The highest BCUT2D eigenvalue weighted by Gasteiger charge is 2.34. The predicted octanol–water partition coefficient (Wildman–Crippen LogP) is 3.42. The number of nitrogens with one attached hydrogen (secondary N) is 2. The number of alkyl halides is 3. The van der Waals surface area contributed by atoms with Crippen LogP contribution in [0.15, 0.2) is 30.6 Å². The van der Waals surface area contributed by atoms with E-state index in [1.54, 1.807) is 17.2 Å². The SMILES string of the molecule is O=CN1CCc2cc(-c3cnc4[nH]cc(C(F)(F)F)c4c3)cc([C@@H]3COCCN3)c2C1. The number of amides is 1. The summed E-state index contributed by atoms with van der Waals surface area (Å²) in [4.78, 5) is 19.9. The second kappa shape index (κ2) is 7.65. The molecule has 5 rings (SSSR count). The van der Waals surface area contributed by atoms with E-state index in [4.69, 9.17) is 4.74 Å². The standard InChI is InChI=1S/C22H21F3N4O2/c23-22(24,25)19-9-28-21-17(19)7-15(8-27-21)14-5-13-1-3-29(12-30)10-18(13)16(6-14)20-11-31-4-2-26-20/h5-9,12,20,26H,1-4,10-11H2,(H,27,28)/t20-/m0/s1. The molecular weight excluding hydrogens is 409 g/mol. The third-order valence-corrected chi connectivity index (χ3v) is 6.02. The molecule has 0 bridgehead atoms. The summed E-state index contributed by atoms with van der Waals surface area (Å²) in [5.74, 6) is 0. The van der Waals surface area contributed by atoms with Crippen molar-refractivity contribution in [3.63, 3.8) is 0 Å². The number of rotatable bonds is 3. The summed E-state index contributed by atoms with van der Waals surface area (Å²) in [6.45, 7) is 2.98. The molecule has 2 aliphatic rings. The quantitative estimate of drug-likeness (QED) is 0.625. The van der Waals surface area contributed by atoms with E-state index in [0.29, 0.717) is 44.8 Å². The van der Waals surface area contributed by atoms with Crippen molar-refractivity contribution in [3.8, 4) is 11.1 Å². The number of pyridine rings is 1. The highest BCUT2D eigenvalue weighted by molar-refractivity contribution is 5.85. The van der Waals surface area contributed by atoms with Crippen LogP contribution in [-0.4, -0.2) is 47.6 Å². The van der Waals surface area contributed by atoms with E-state index in [1.807, 2.05) is 12.1 Å². The van der Waals surface area contributed by atoms with Crippen LogP contribution in [-0.2, 0) is 28.7 Å². The lowest BCUT2D eigenvalue weighted by Crippen LogP contribution is -2.37. The molecule has 1 aromatic carbocycles. The van der Waals surface area contributed by atoms with Crippen LogP contribution in [0.5, 0.6) is 0 Å². The molecule has 1 atom stereocenters. The lowest BCUT2D eigenvalue weighted by atomic mass is 9.87. The number of carbonyl (C=O) groups is 1. The summed E-state index contributed by atoms with van der Waals surface area (Å²) < 4.78 is 45.8. The molecule has 4 heterocycles. The Labute approximate surface area is 176 Å². The van der Waals surface area contributed by atoms with Crippen molar-refractivity contribution in [1.82, 2.24) is 20.2 Å². The van der Waals surface area contributed by atoms with Crippen molar-refractivity contribution < 1.29 is 22.7 Å². The van der Waals surface area contributed by atoms with Crippen LogP contribution in [0.4, 0.5) is 13.2 Å². The Kier molecular flexibility index (Phi) is 4.94. The number of ether oxygens (including phenoxy) is 1. The highest BCUT2D eigenvalue weighted by atomic mass is 19.4. The monoisotopic (exact) mass is 430 g/mol. The summed E-state index contributed by atoms with van der Waals surface area (Å²) >= 11 is 0. The van der Waals surface area contributed by atoms with Crippen LogP contribution < -0.4 is 5.32 Å². The van der Waals surface area contributed by atoms with Gasteiger partial charge in [-0.15, -0.1) is 0 Å². The summed E-state index contributed by atoms with van der Waals surface area (Å²) in [6, 6.07) is 5.50. The van der Waals surface area contributed by atoms with Gasteiger partial charge in [0.25, 0.3) is 0 Å². The number of halogens is 3. The minimum absolute atomic E-state index is 0.0382. The van der Waals surface area contributed by atoms with E-state index >= 15 is 0 Å². The molecular formula is C22H21F3N4O2. The Morgan fingerprint density at radius 1 is 1.23 bits per heavy atom. The Balaban J connectivity index is 1.63. The minimum atomic E-state index is -4.46. The zero-order valence-electron chi connectivity index (χ0n) is 16.6. The molecule has 2 aliphatic heterocycles. The summed E-state index contributed by atoms with van der Waals surface area (Å²) in [5, 5.41) is 3.50. The van der Waals surface area contributed by atoms with E-state index < -0.39 is 11.7 Å². The fourth-order valence-corrected chi connectivity index (χ4v) is 4.45. The molecule has 31 heavy (non-hydrogen) atoms. The van der Waals surface area contributed by atoms with Crippen molar-refractivity contribution in [2.24, 2.45) is 0 Å². The summed E-state index contributed by atoms with van der Waals surface area (Å²) in [5.41, 5.74) is 4.11. The van der Waals surface area contributed by atoms with Gasteiger partial charge in [-0.05, 0) is 40.8 Å². The molecule has 9 heteroatoms. The normalized spacial score (nSPS) is 19.5. The topological polar surface area (TPSA) is 70.2 Å². The Bertz CT molecular complexity index is 1140. The first-order chi connectivity index (χ1) is 14.9. The van der Waals surface area contributed by atoms with Gasteiger partial charge >= 0.3 is 6.18 Å². The minimum Gasteiger partial charge on any atom is -0.378 e. The molecule has 0 unspecified atom stereocenters. The third kappa shape index (κ3) is 3.68. The molecule has 0 spiro atoms. The number of morpholine rings is 1. The number of hydrogen-bond acceptors (Lipinski definition) is 4. The maximum absolute atomic E-state index is 13.4. The van der Waals surface area contributed by atoms with E-state index in [2.05, 4.69) is 15.3 Å². The smallest absolute Gasteiger partial charge is 0.378 e. The maximum atomic E-state index is 13.4. The number of hydrogen-bond donors (Lipinski definition) is 2. The molecule has 1 fully saturated rings. The van der Waals surface area contributed by atoms with Crippen LogP contribution in [0.1, 0.15) is 28.3 Å². The Morgan fingerprint density at radius 3 is 2.84 bits per heavy atom. The van der Waals surface area contributed by atoms with Crippen molar-refractivity contribution >= 4 is 17.4 Å². The van der Waals surface area contributed by atoms with Crippen LogP contribution in [0.2, 0.25) is 0 Å². The zero-order valence-corrected chi connectivity index (χ0v) is 16.6. The fraction of sp³-hybridized carbons (Fsp3) is 0.364. The van der Waals surface area contributed by atoms with Gasteiger partial charge < -0.3 is 19.9 Å². The average Bonchev–Trinajstić information content (AvgIpc) is 3.22. The maximum Gasteiger partial charge on any atom is 0.418 e. The van der Waals surface area contributed by atoms with Crippen LogP contribution >= 0.6 is 0 Å². The van der Waals surface area contributed by atoms with Crippen LogP contribution in [0.3, 0.4) is 0 Å². The zero-order chi connectivity index (χ0) is 21.6. The van der Waals surface area contributed by atoms with E-state index in [9.17, 15) is 18.0 Å². The first-order valence-corrected chi connectivity index (χ1v) is 10.1. The van der Waals surface area contributed by atoms with Gasteiger partial charge in [-0.3, -0.25) is 4.79 Å². The van der Waals surface area contributed by atoms with Crippen LogP contribution in [0, 0.1) is 0 Å². The van der Waals surface area contributed by atoms with Gasteiger partial charge in [0, 0.05) is 43.0 Å². The number of nitrogens with zero attached hydrogens (tertiary/aromatic N) is 2. The number of H-pyrrole nitrogens is 1. The van der Waals surface area contributed by atoms with E-state index in [-0.39, 0.29) is 17.1 Å². The van der Waals surface area contributed by atoms with E-state index in [1.165, 1.54) is 0 Å². The van der Waals surface area contributed by atoms with Crippen molar-refractivity contribution in [2.45, 2.75) is 25.2 Å². The molecule has 162 valence electrons. The molecule has 2 N–H and O–H groups in total. The largest absolute Gasteiger partial charge is 0.418 e. The summed E-state index contributed by atoms with van der Waals surface area (Å²) in [7, 11) is 0. The number of aromatic amines is 1. The number of fused-ring (bicyclic) bond motifs is 2. The van der Waals surface area contributed by atoms with Gasteiger partial charge in [-0.1, -0.05) is 6.07 Å². The van der Waals surface area contributed by atoms with Crippen molar-refractivity contribution in [3.05, 3.63) is 52.8 Å². The molecule has 0 aliphatic carbocycles. The summed E-state index contributed by atoms with van der Waals surface area (Å²) in [6.07, 6.45) is -0.363. The molecule has 2 aromatic heterocycles. The van der Waals surface area contributed by atoms with Gasteiger partial charge in [-0.2, -0.15) is 13.2 Å². The fourth-order valence-electron chi connectivity index (χ4n) is 4.45. The Morgan fingerprint density at radius 2 is 2.10 bits per heavy atom.